The Morgan fingerprint density at radius 2 is 1.65 bits per heavy atom. The zero-order chi connectivity index (χ0) is 19.5. The molecule has 0 aliphatic heterocycles. The van der Waals surface area contributed by atoms with Gasteiger partial charge in [0.1, 0.15) is 11.5 Å². The van der Waals surface area contributed by atoms with Crippen LogP contribution >= 0.6 is 0 Å². The van der Waals surface area contributed by atoms with Crippen molar-refractivity contribution in [2.45, 2.75) is 26.3 Å². The predicted octanol–water partition coefficient (Wildman–Crippen LogP) is 4.55. The largest absolute Gasteiger partial charge is 0.457 e. The number of nitrogens with one attached hydrogen (secondary N) is 1. The van der Waals surface area contributed by atoms with E-state index in [1.807, 2.05) is 0 Å². The lowest BCUT2D eigenvalue weighted by molar-refractivity contribution is -0.387. The quantitative estimate of drug-likeness (QED) is 0.633. The molecule has 0 radical (unpaired) electrons. The summed E-state index contributed by atoms with van der Waals surface area (Å²) in [7, 11) is 0. The highest BCUT2D eigenvalue weighted by Crippen LogP contribution is 2.29. The first-order valence-corrected chi connectivity index (χ1v) is 7.46. The van der Waals surface area contributed by atoms with E-state index in [2.05, 4.69) is 5.32 Å². The van der Waals surface area contributed by atoms with Gasteiger partial charge in [0.15, 0.2) is 11.6 Å². The summed E-state index contributed by atoms with van der Waals surface area (Å²) >= 11 is 0. The third-order valence-electron chi connectivity index (χ3n) is 2.93. The van der Waals surface area contributed by atoms with Gasteiger partial charge in [-0.15, -0.1) is 0 Å². The summed E-state index contributed by atoms with van der Waals surface area (Å²) in [6.45, 7) is 5.22. The summed E-state index contributed by atoms with van der Waals surface area (Å²) in [5, 5.41) is 13.1. The van der Waals surface area contributed by atoms with Gasteiger partial charge in [0.05, 0.1) is 4.92 Å². The number of halogens is 2. The van der Waals surface area contributed by atoms with Gasteiger partial charge in [-0.3, -0.25) is 10.1 Å². The fourth-order valence-corrected chi connectivity index (χ4v) is 1.89. The van der Waals surface area contributed by atoms with Crippen LogP contribution in [-0.4, -0.2) is 16.6 Å². The normalized spacial score (nSPS) is 11.0. The first-order valence-electron chi connectivity index (χ1n) is 7.46. The standard InChI is InChI=1S/C17H16F2N2O5/c1-17(2,3)20-16(22)26-15-7-5-11(9-13(15)19)25-10-4-6-14(21(23)24)12(18)8-10/h4-9H,1-3H3,(H,20,22). The predicted molar refractivity (Wildman–Crippen MR) is 88.4 cm³/mol. The zero-order valence-corrected chi connectivity index (χ0v) is 14.2. The number of carbonyl (C=O) groups is 1. The van der Waals surface area contributed by atoms with E-state index in [1.54, 1.807) is 20.8 Å². The molecule has 7 nitrogen and oxygen atoms in total. The molecule has 0 aliphatic rings. The molecule has 9 heteroatoms. The molecule has 0 saturated carbocycles. The number of nitrogens with zero attached hydrogens (tertiary/aromatic N) is 1. The van der Waals surface area contributed by atoms with Gasteiger partial charge in [-0.1, -0.05) is 0 Å². The van der Waals surface area contributed by atoms with Gasteiger partial charge in [-0.25, -0.2) is 9.18 Å². The van der Waals surface area contributed by atoms with Crippen molar-refractivity contribution in [2.75, 3.05) is 0 Å². The fourth-order valence-electron chi connectivity index (χ4n) is 1.89. The number of nitro groups is 1. The molecule has 1 amide bonds. The van der Waals surface area contributed by atoms with Crippen molar-refractivity contribution in [1.29, 1.82) is 0 Å². The molecule has 2 aromatic carbocycles. The minimum atomic E-state index is -1.08. The molecule has 1 N–H and O–H groups in total. The molecule has 0 unspecified atom stereocenters. The van der Waals surface area contributed by atoms with Gasteiger partial charge in [0.2, 0.25) is 5.82 Å². The zero-order valence-electron chi connectivity index (χ0n) is 14.2. The molecular formula is C17H16F2N2O5. The van der Waals surface area contributed by atoms with Crippen molar-refractivity contribution in [3.63, 3.8) is 0 Å². The van der Waals surface area contributed by atoms with E-state index in [0.29, 0.717) is 0 Å². The summed E-state index contributed by atoms with van der Waals surface area (Å²) in [5.41, 5.74) is -1.24. The highest BCUT2D eigenvalue weighted by molar-refractivity contribution is 5.71. The van der Waals surface area contributed by atoms with Gasteiger partial charge >= 0.3 is 11.8 Å². The van der Waals surface area contributed by atoms with E-state index in [4.69, 9.17) is 9.47 Å². The Morgan fingerprint density at radius 1 is 1.08 bits per heavy atom. The van der Waals surface area contributed by atoms with E-state index in [9.17, 15) is 23.7 Å². The molecule has 0 heterocycles. The first kappa shape index (κ1) is 19.1. The summed E-state index contributed by atoms with van der Waals surface area (Å²) in [6.07, 6.45) is -0.817. The minimum absolute atomic E-state index is 0.000618. The summed E-state index contributed by atoms with van der Waals surface area (Å²) < 4.78 is 37.7. The van der Waals surface area contributed by atoms with E-state index in [-0.39, 0.29) is 17.2 Å². The monoisotopic (exact) mass is 366 g/mol. The highest BCUT2D eigenvalue weighted by atomic mass is 19.1. The average molecular weight is 366 g/mol. The highest BCUT2D eigenvalue weighted by Gasteiger charge is 2.18. The topological polar surface area (TPSA) is 90.7 Å². The van der Waals surface area contributed by atoms with E-state index < -0.39 is 33.9 Å². The van der Waals surface area contributed by atoms with Crippen LogP contribution < -0.4 is 14.8 Å². The maximum absolute atomic E-state index is 14.0. The Bertz CT molecular complexity index is 850. The van der Waals surface area contributed by atoms with Crippen molar-refractivity contribution in [1.82, 2.24) is 5.32 Å². The number of benzene rings is 2. The van der Waals surface area contributed by atoms with Crippen molar-refractivity contribution >= 4 is 11.8 Å². The lowest BCUT2D eigenvalue weighted by atomic mass is 10.1. The number of amides is 1. The minimum Gasteiger partial charge on any atom is -0.457 e. The SMILES string of the molecule is CC(C)(C)NC(=O)Oc1ccc(Oc2ccc([N+](=O)[O-])c(F)c2)cc1F. The van der Waals surface area contributed by atoms with Crippen LogP contribution in [0.3, 0.4) is 0 Å². The molecule has 0 aromatic heterocycles. The Kier molecular flexibility index (Phi) is 5.39. The first-order chi connectivity index (χ1) is 12.0. The number of hydrogen-bond acceptors (Lipinski definition) is 5. The van der Waals surface area contributed by atoms with Gasteiger partial charge in [0, 0.05) is 23.7 Å². The van der Waals surface area contributed by atoms with E-state index in [1.165, 1.54) is 18.2 Å². The van der Waals surface area contributed by atoms with Crippen LogP contribution in [0, 0.1) is 21.7 Å². The Hall–Kier alpha value is -3.23. The molecule has 26 heavy (non-hydrogen) atoms. The van der Waals surface area contributed by atoms with Crippen molar-refractivity contribution in [3.8, 4) is 17.2 Å². The Balaban J connectivity index is 2.11. The molecule has 0 aliphatic carbocycles. The Morgan fingerprint density at radius 3 is 2.15 bits per heavy atom. The van der Waals surface area contributed by atoms with Crippen LogP contribution in [0.4, 0.5) is 19.3 Å². The lowest BCUT2D eigenvalue weighted by Crippen LogP contribution is -2.42. The van der Waals surface area contributed by atoms with Gasteiger partial charge in [-0.2, -0.15) is 4.39 Å². The second-order valence-corrected chi connectivity index (χ2v) is 6.33. The second-order valence-electron chi connectivity index (χ2n) is 6.33. The molecule has 138 valence electrons. The summed E-state index contributed by atoms with van der Waals surface area (Å²) in [4.78, 5) is 21.4. The average Bonchev–Trinajstić information content (AvgIpc) is 2.48. The number of ether oxygens (including phenoxy) is 2. The van der Waals surface area contributed by atoms with Crippen LogP contribution in [0.25, 0.3) is 0 Å². The summed E-state index contributed by atoms with van der Waals surface area (Å²) in [5.74, 6) is -2.30. The van der Waals surface area contributed by atoms with Crippen molar-refractivity contribution in [3.05, 3.63) is 58.1 Å². The van der Waals surface area contributed by atoms with Crippen LogP contribution in [0.2, 0.25) is 0 Å². The number of rotatable bonds is 4. The molecule has 2 aromatic rings. The number of nitro benzene ring substituents is 1. The smallest absolute Gasteiger partial charge is 0.413 e. The maximum atomic E-state index is 14.0. The van der Waals surface area contributed by atoms with Crippen LogP contribution in [0.5, 0.6) is 17.2 Å². The van der Waals surface area contributed by atoms with Gasteiger partial charge in [-0.05, 0) is 39.0 Å². The maximum Gasteiger partial charge on any atom is 0.413 e. The molecule has 0 spiro atoms. The van der Waals surface area contributed by atoms with Gasteiger partial charge < -0.3 is 14.8 Å². The number of carbonyl (C=O) groups excluding carboxylic acids is 1. The van der Waals surface area contributed by atoms with Crippen LogP contribution in [-0.2, 0) is 0 Å². The second kappa shape index (κ2) is 7.34. The van der Waals surface area contributed by atoms with Crippen LogP contribution in [0.15, 0.2) is 36.4 Å². The third-order valence-corrected chi connectivity index (χ3v) is 2.93. The van der Waals surface area contributed by atoms with E-state index >= 15 is 0 Å². The van der Waals surface area contributed by atoms with Crippen molar-refractivity contribution in [2.24, 2.45) is 0 Å². The van der Waals surface area contributed by atoms with E-state index in [0.717, 1.165) is 18.2 Å². The van der Waals surface area contributed by atoms with Crippen molar-refractivity contribution < 1.29 is 28.0 Å². The van der Waals surface area contributed by atoms with Gasteiger partial charge in [0.25, 0.3) is 0 Å². The molecule has 2 rings (SSSR count). The molecule has 0 saturated heterocycles. The molecular weight excluding hydrogens is 350 g/mol. The third kappa shape index (κ3) is 5.13. The molecule has 0 atom stereocenters. The fraction of sp³-hybridized carbons (Fsp3) is 0.235. The van der Waals surface area contributed by atoms with Crippen LogP contribution in [0.1, 0.15) is 20.8 Å². The molecule has 0 bridgehead atoms. The Labute approximate surface area is 147 Å². The molecule has 0 fully saturated rings. The lowest BCUT2D eigenvalue weighted by Gasteiger charge is -2.20. The number of hydrogen-bond donors (Lipinski definition) is 1. The summed E-state index contributed by atoms with van der Waals surface area (Å²) in [6, 6.07) is 6.36.